The van der Waals surface area contributed by atoms with Gasteiger partial charge in [-0.2, -0.15) is 0 Å². The van der Waals surface area contributed by atoms with Gasteiger partial charge in [-0.15, -0.1) is 0 Å². The molecule has 2 unspecified atom stereocenters. The molecule has 0 aliphatic heterocycles. The van der Waals surface area contributed by atoms with Crippen LogP contribution in [0.15, 0.2) is 12.1 Å². The molecule has 0 saturated heterocycles. The zero-order valence-electron chi connectivity index (χ0n) is 10.4. The van der Waals surface area contributed by atoms with E-state index in [2.05, 4.69) is 10.3 Å². The van der Waals surface area contributed by atoms with Crippen molar-refractivity contribution in [2.24, 2.45) is 0 Å². The molecule has 1 saturated carbocycles. The van der Waals surface area contributed by atoms with E-state index >= 15 is 0 Å². The molecule has 3 N–H and O–H groups in total. The number of hydrogen-bond acceptors (Lipinski definition) is 4. The first kappa shape index (κ1) is 12.8. The van der Waals surface area contributed by atoms with Gasteiger partial charge < -0.3 is 15.5 Å². The summed E-state index contributed by atoms with van der Waals surface area (Å²) in [5.41, 5.74) is 0.697. The third kappa shape index (κ3) is 2.79. The molecule has 0 bridgehead atoms. The Morgan fingerprint density at radius 3 is 2.72 bits per heavy atom. The Labute approximate surface area is 106 Å². The topological polar surface area (TPSA) is 82.5 Å². The number of aromatic nitrogens is 1. The minimum Gasteiger partial charge on any atom is -0.478 e. The molecule has 1 aromatic rings. The summed E-state index contributed by atoms with van der Waals surface area (Å²) in [6.07, 6.45) is 3.54. The number of anilines is 1. The Bertz CT molecular complexity index is 448. The highest BCUT2D eigenvalue weighted by Gasteiger charge is 2.23. The van der Waals surface area contributed by atoms with E-state index in [0.717, 1.165) is 25.7 Å². The van der Waals surface area contributed by atoms with Crippen molar-refractivity contribution in [1.29, 1.82) is 0 Å². The van der Waals surface area contributed by atoms with E-state index in [0.29, 0.717) is 11.5 Å². The molecular formula is C13H18N2O3. The number of carbonyl (C=O) groups is 1. The molecule has 1 aromatic heterocycles. The first-order valence-corrected chi connectivity index (χ1v) is 6.23. The van der Waals surface area contributed by atoms with Gasteiger partial charge in [0.25, 0.3) is 0 Å². The van der Waals surface area contributed by atoms with Gasteiger partial charge in [-0.3, -0.25) is 0 Å². The van der Waals surface area contributed by atoms with Gasteiger partial charge in [0, 0.05) is 0 Å². The Balaban J connectivity index is 2.10. The molecule has 98 valence electrons. The van der Waals surface area contributed by atoms with Crippen molar-refractivity contribution in [3.8, 4) is 0 Å². The average Bonchev–Trinajstić information content (AvgIpc) is 2.32. The molecule has 0 aromatic carbocycles. The largest absolute Gasteiger partial charge is 0.478 e. The van der Waals surface area contributed by atoms with E-state index in [9.17, 15) is 9.90 Å². The molecule has 2 rings (SSSR count). The van der Waals surface area contributed by atoms with Crippen molar-refractivity contribution in [2.45, 2.75) is 44.8 Å². The lowest BCUT2D eigenvalue weighted by Crippen LogP contribution is -2.36. The number of pyridine rings is 1. The number of rotatable bonds is 3. The first-order chi connectivity index (χ1) is 8.58. The highest BCUT2D eigenvalue weighted by atomic mass is 16.4. The SMILES string of the molecule is Cc1nc(NC2CCCCC2O)ccc1C(=O)O. The zero-order valence-corrected chi connectivity index (χ0v) is 10.4. The van der Waals surface area contributed by atoms with E-state index in [-0.39, 0.29) is 17.7 Å². The summed E-state index contributed by atoms with van der Waals surface area (Å²) in [6.45, 7) is 1.67. The molecule has 1 heterocycles. The smallest absolute Gasteiger partial charge is 0.337 e. The predicted molar refractivity (Wildman–Crippen MR) is 67.8 cm³/mol. The Hall–Kier alpha value is -1.62. The van der Waals surface area contributed by atoms with Gasteiger partial charge in [-0.05, 0) is 31.9 Å². The lowest BCUT2D eigenvalue weighted by molar-refractivity contribution is 0.0695. The van der Waals surface area contributed by atoms with Crippen molar-refractivity contribution < 1.29 is 15.0 Å². The number of carboxylic acids is 1. The molecule has 1 aliphatic rings. The van der Waals surface area contributed by atoms with Crippen molar-refractivity contribution in [3.63, 3.8) is 0 Å². The quantitative estimate of drug-likeness (QED) is 0.762. The van der Waals surface area contributed by atoms with Crippen molar-refractivity contribution in [3.05, 3.63) is 23.4 Å². The Morgan fingerprint density at radius 1 is 1.39 bits per heavy atom. The van der Waals surface area contributed by atoms with E-state index in [1.54, 1.807) is 19.1 Å². The van der Waals surface area contributed by atoms with Crippen LogP contribution in [-0.2, 0) is 0 Å². The normalized spacial score (nSPS) is 23.7. The lowest BCUT2D eigenvalue weighted by Gasteiger charge is -2.28. The Kier molecular flexibility index (Phi) is 3.81. The van der Waals surface area contributed by atoms with Gasteiger partial charge >= 0.3 is 5.97 Å². The molecule has 2 atom stereocenters. The van der Waals surface area contributed by atoms with E-state index in [1.165, 1.54) is 0 Å². The minimum absolute atomic E-state index is 0.0151. The molecule has 18 heavy (non-hydrogen) atoms. The highest BCUT2D eigenvalue weighted by Crippen LogP contribution is 2.22. The third-order valence-corrected chi connectivity index (χ3v) is 3.38. The summed E-state index contributed by atoms with van der Waals surface area (Å²) in [5, 5.41) is 22.0. The number of nitrogens with one attached hydrogen (secondary N) is 1. The molecule has 0 amide bonds. The van der Waals surface area contributed by atoms with Crippen LogP contribution < -0.4 is 5.32 Å². The molecular weight excluding hydrogens is 232 g/mol. The Morgan fingerprint density at radius 2 is 2.11 bits per heavy atom. The summed E-state index contributed by atoms with van der Waals surface area (Å²) in [6, 6.07) is 3.21. The van der Waals surface area contributed by atoms with Gasteiger partial charge in [-0.1, -0.05) is 12.8 Å². The fourth-order valence-electron chi connectivity index (χ4n) is 2.34. The number of nitrogens with zero attached hydrogens (tertiary/aromatic N) is 1. The maximum absolute atomic E-state index is 10.9. The van der Waals surface area contributed by atoms with Gasteiger partial charge in [0.1, 0.15) is 5.82 Å². The van der Waals surface area contributed by atoms with E-state index in [1.807, 2.05) is 0 Å². The molecule has 5 heteroatoms. The van der Waals surface area contributed by atoms with Gasteiger partial charge in [0.05, 0.1) is 23.4 Å². The first-order valence-electron chi connectivity index (χ1n) is 6.23. The van der Waals surface area contributed by atoms with Crippen molar-refractivity contribution in [1.82, 2.24) is 4.98 Å². The van der Waals surface area contributed by atoms with Gasteiger partial charge in [0.2, 0.25) is 0 Å². The van der Waals surface area contributed by atoms with Crippen LogP contribution in [0.25, 0.3) is 0 Å². The van der Waals surface area contributed by atoms with Crippen LogP contribution in [-0.4, -0.2) is 33.3 Å². The number of aromatic carboxylic acids is 1. The van der Waals surface area contributed by atoms with Crippen LogP contribution in [0.4, 0.5) is 5.82 Å². The number of aliphatic hydroxyl groups is 1. The van der Waals surface area contributed by atoms with E-state index in [4.69, 9.17) is 5.11 Å². The van der Waals surface area contributed by atoms with Crippen LogP contribution in [0.2, 0.25) is 0 Å². The van der Waals surface area contributed by atoms with Crippen LogP contribution >= 0.6 is 0 Å². The predicted octanol–water partition coefficient (Wildman–Crippen LogP) is 1.80. The second-order valence-corrected chi connectivity index (χ2v) is 4.74. The van der Waals surface area contributed by atoms with E-state index < -0.39 is 5.97 Å². The van der Waals surface area contributed by atoms with Crippen molar-refractivity contribution in [2.75, 3.05) is 5.32 Å². The molecule has 5 nitrogen and oxygen atoms in total. The van der Waals surface area contributed by atoms with Crippen LogP contribution in [0, 0.1) is 6.92 Å². The van der Waals surface area contributed by atoms with Crippen LogP contribution in [0.3, 0.4) is 0 Å². The summed E-state index contributed by atoms with van der Waals surface area (Å²) < 4.78 is 0. The summed E-state index contributed by atoms with van der Waals surface area (Å²) in [5.74, 6) is -0.340. The number of hydrogen-bond donors (Lipinski definition) is 3. The van der Waals surface area contributed by atoms with Gasteiger partial charge in [-0.25, -0.2) is 9.78 Å². The highest BCUT2D eigenvalue weighted by molar-refractivity contribution is 5.89. The fraction of sp³-hybridized carbons (Fsp3) is 0.538. The minimum atomic E-state index is -0.968. The summed E-state index contributed by atoms with van der Waals surface area (Å²) >= 11 is 0. The second kappa shape index (κ2) is 5.35. The van der Waals surface area contributed by atoms with Gasteiger partial charge in [0.15, 0.2) is 0 Å². The maximum atomic E-state index is 10.9. The monoisotopic (exact) mass is 250 g/mol. The average molecular weight is 250 g/mol. The van der Waals surface area contributed by atoms with Crippen LogP contribution in [0.1, 0.15) is 41.7 Å². The zero-order chi connectivity index (χ0) is 13.1. The molecule has 1 aliphatic carbocycles. The lowest BCUT2D eigenvalue weighted by atomic mass is 9.92. The van der Waals surface area contributed by atoms with Crippen molar-refractivity contribution >= 4 is 11.8 Å². The van der Waals surface area contributed by atoms with Crippen LogP contribution in [0.5, 0.6) is 0 Å². The molecule has 0 radical (unpaired) electrons. The third-order valence-electron chi connectivity index (χ3n) is 3.38. The number of aryl methyl sites for hydroxylation is 1. The maximum Gasteiger partial charge on any atom is 0.337 e. The summed E-state index contributed by atoms with van der Waals surface area (Å²) in [7, 11) is 0. The number of carboxylic acid groups (broad SMARTS) is 1. The second-order valence-electron chi connectivity index (χ2n) is 4.74. The molecule has 0 spiro atoms. The molecule has 1 fully saturated rings. The standard InChI is InChI=1S/C13H18N2O3/c1-8-9(13(17)18)6-7-12(14-8)15-10-4-2-3-5-11(10)16/h6-7,10-11,16H,2-5H2,1H3,(H,14,15)(H,17,18). The summed E-state index contributed by atoms with van der Waals surface area (Å²) in [4.78, 5) is 15.1. The number of aliphatic hydroxyl groups excluding tert-OH is 1. The fourth-order valence-corrected chi connectivity index (χ4v) is 2.34.